The Labute approximate surface area is 146 Å². The molecule has 3 rings (SSSR count). The molecule has 0 saturated carbocycles. The first-order valence-electron chi connectivity index (χ1n) is 8.09. The van der Waals surface area contributed by atoms with E-state index < -0.39 is 6.23 Å². The van der Waals surface area contributed by atoms with Crippen LogP contribution in [-0.4, -0.2) is 35.5 Å². The molecule has 1 aliphatic heterocycles. The van der Waals surface area contributed by atoms with Crippen molar-refractivity contribution in [3.63, 3.8) is 0 Å². The molecule has 0 aliphatic carbocycles. The first-order chi connectivity index (χ1) is 12.0. The van der Waals surface area contributed by atoms with Crippen LogP contribution < -0.4 is 19.7 Å². The quantitative estimate of drug-likeness (QED) is 0.872. The Balaban J connectivity index is 1.76. The highest BCUT2D eigenvalue weighted by Gasteiger charge is 2.38. The summed E-state index contributed by atoms with van der Waals surface area (Å²) in [7, 11) is 1.61. The Morgan fingerprint density at radius 3 is 2.72 bits per heavy atom. The van der Waals surface area contributed by atoms with E-state index in [4.69, 9.17) is 9.47 Å². The Hall–Kier alpha value is -2.80. The monoisotopic (exact) mass is 343 g/mol. The lowest BCUT2D eigenvalue weighted by atomic mass is 10.2. The Morgan fingerprint density at radius 2 is 2.12 bits per heavy atom. The lowest BCUT2D eigenvalue weighted by Gasteiger charge is -2.20. The predicted molar refractivity (Wildman–Crippen MR) is 93.1 cm³/mol. The van der Waals surface area contributed by atoms with Gasteiger partial charge in [-0.2, -0.15) is 0 Å². The number of hydrogen-bond acceptors (Lipinski definition) is 5. The molecule has 2 N–H and O–H groups in total. The Kier molecular flexibility index (Phi) is 4.76. The van der Waals surface area contributed by atoms with E-state index in [0.717, 1.165) is 11.3 Å². The van der Waals surface area contributed by atoms with E-state index in [9.17, 15) is 9.90 Å². The van der Waals surface area contributed by atoms with Crippen LogP contribution in [0.1, 0.15) is 18.9 Å². The van der Waals surface area contributed by atoms with Crippen molar-refractivity contribution in [2.24, 2.45) is 0 Å². The maximum Gasteiger partial charge on any atom is 0.324 e. The summed E-state index contributed by atoms with van der Waals surface area (Å²) in [5, 5.41) is 13.0. The smallest absolute Gasteiger partial charge is 0.324 e. The van der Waals surface area contributed by atoms with Crippen LogP contribution in [-0.2, 0) is 0 Å². The molecule has 0 bridgehead atoms. The summed E-state index contributed by atoms with van der Waals surface area (Å²) in [5.74, 6) is 1.72. The number of nitrogens with zero attached hydrogens (tertiary/aromatic N) is 2. The van der Waals surface area contributed by atoms with Crippen molar-refractivity contribution < 1.29 is 19.4 Å². The van der Waals surface area contributed by atoms with Gasteiger partial charge in [-0.1, -0.05) is 13.0 Å². The molecule has 2 amide bonds. The zero-order chi connectivity index (χ0) is 18.0. The Morgan fingerprint density at radius 1 is 1.32 bits per heavy atom. The summed E-state index contributed by atoms with van der Waals surface area (Å²) in [4.78, 5) is 17.5. The van der Waals surface area contributed by atoms with E-state index in [1.807, 2.05) is 26.0 Å². The van der Waals surface area contributed by atoms with Crippen molar-refractivity contribution in [2.75, 3.05) is 12.0 Å². The number of rotatable bonds is 5. The minimum absolute atomic E-state index is 0.288. The highest BCUT2D eigenvalue weighted by molar-refractivity contribution is 5.94. The zero-order valence-electron chi connectivity index (χ0n) is 14.4. The van der Waals surface area contributed by atoms with Gasteiger partial charge in [0.05, 0.1) is 25.0 Å². The fourth-order valence-electron chi connectivity index (χ4n) is 2.75. The van der Waals surface area contributed by atoms with Crippen LogP contribution in [0, 0.1) is 6.92 Å². The number of nitrogens with one attached hydrogen (secondary N) is 1. The largest absolute Gasteiger partial charge is 0.496 e. The molecule has 132 valence electrons. The Bertz CT molecular complexity index is 763. The normalized spacial score (nSPS) is 19.7. The number of methoxy groups -OCH3 is 1. The summed E-state index contributed by atoms with van der Waals surface area (Å²) in [6, 6.07) is 8.24. The number of amides is 2. The molecule has 1 unspecified atom stereocenters. The van der Waals surface area contributed by atoms with Gasteiger partial charge in [-0.15, -0.1) is 0 Å². The SMILES string of the molecule is CC[C@@H]1NC(=O)N(c2ccc(Oc3ccc(C)c(OC)c3)nc2)C1O. The second-order valence-corrected chi connectivity index (χ2v) is 5.84. The third kappa shape index (κ3) is 3.36. The molecule has 25 heavy (non-hydrogen) atoms. The second kappa shape index (κ2) is 6.98. The lowest BCUT2D eigenvalue weighted by Crippen LogP contribution is -2.36. The molecule has 1 aromatic heterocycles. The van der Waals surface area contributed by atoms with E-state index in [1.165, 1.54) is 11.1 Å². The molecule has 2 aromatic rings. The van der Waals surface area contributed by atoms with Crippen molar-refractivity contribution in [2.45, 2.75) is 32.5 Å². The van der Waals surface area contributed by atoms with Crippen LogP contribution in [0.3, 0.4) is 0 Å². The minimum atomic E-state index is -0.910. The maximum absolute atomic E-state index is 12.0. The number of urea groups is 1. The van der Waals surface area contributed by atoms with E-state index in [2.05, 4.69) is 10.3 Å². The molecule has 2 heterocycles. The van der Waals surface area contributed by atoms with Gasteiger partial charge in [0.15, 0.2) is 6.23 Å². The van der Waals surface area contributed by atoms with Gasteiger partial charge in [-0.05, 0) is 31.0 Å². The van der Waals surface area contributed by atoms with Crippen molar-refractivity contribution in [3.05, 3.63) is 42.1 Å². The number of carbonyl (C=O) groups is 1. The summed E-state index contributed by atoms with van der Waals surface area (Å²) in [6.07, 6.45) is 1.24. The van der Waals surface area contributed by atoms with Gasteiger partial charge in [-0.25, -0.2) is 9.78 Å². The van der Waals surface area contributed by atoms with Gasteiger partial charge < -0.3 is 19.9 Å². The van der Waals surface area contributed by atoms with Crippen LogP contribution in [0.5, 0.6) is 17.4 Å². The van der Waals surface area contributed by atoms with Crippen LogP contribution in [0.2, 0.25) is 0 Å². The number of anilines is 1. The van der Waals surface area contributed by atoms with E-state index >= 15 is 0 Å². The first-order valence-corrected chi connectivity index (χ1v) is 8.09. The van der Waals surface area contributed by atoms with Crippen LogP contribution in [0.25, 0.3) is 0 Å². The molecule has 7 heteroatoms. The van der Waals surface area contributed by atoms with Gasteiger partial charge in [0.2, 0.25) is 5.88 Å². The van der Waals surface area contributed by atoms with Gasteiger partial charge in [0.1, 0.15) is 11.5 Å². The number of aromatic nitrogens is 1. The molecule has 1 aliphatic rings. The van der Waals surface area contributed by atoms with Gasteiger partial charge >= 0.3 is 6.03 Å². The zero-order valence-corrected chi connectivity index (χ0v) is 14.4. The molecule has 0 radical (unpaired) electrons. The number of aliphatic hydroxyl groups excluding tert-OH is 1. The molecule has 1 saturated heterocycles. The fourth-order valence-corrected chi connectivity index (χ4v) is 2.75. The lowest BCUT2D eigenvalue weighted by molar-refractivity contribution is 0.159. The average molecular weight is 343 g/mol. The summed E-state index contributed by atoms with van der Waals surface area (Å²) in [6.45, 7) is 3.86. The molecule has 1 fully saturated rings. The molecular formula is C18H21N3O4. The van der Waals surface area contributed by atoms with Crippen LogP contribution >= 0.6 is 0 Å². The topological polar surface area (TPSA) is 83.9 Å². The summed E-state index contributed by atoms with van der Waals surface area (Å²) in [5.41, 5.74) is 1.52. The first kappa shape index (κ1) is 17.0. The predicted octanol–water partition coefficient (Wildman–Crippen LogP) is 2.82. The van der Waals surface area contributed by atoms with Crippen molar-refractivity contribution in [1.82, 2.24) is 10.3 Å². The molecular weight excluding hydrogens is 322 g/mol. The fraction of sp³-hybridized carbons (Fsp3) is 0.333. The highest BCUT2D eigenvalue weighted by atomic mass is 16.5. The molecule has 0 spiro atoms. The number of hydrogen-bond donors (Lipinski definition) is 2. The molecule has 2 atom stereocenters. The van der Waals surface area contributed by atoms with Crippen LogP contribution in [0.15, 0.2) is 36.5 Å². The van der Waals surface area contributed by atoms with Gasteiger partial charge in [0, 0.05) is 12.1 Å². The highest BCUT2D eigenvalue weighted by Crippen LogP contribution is 2.29. The third-order valence-corrected chi connectivity index (χ3v) is 4.19. The van der Waals surface area contributed by atoms with E-state index in [-0.39, 0.29) is 12.1 Å². The van der Waals surface area contributed by atoms with Crippen molar-refractivity contribution in [3.8, 4) is 17.4 Å². The van der Waals surface area contributed by atoms with Crippen LogP contribution in [0.4, 0.5) is 10.5 Å². The van der Waals surface area contributed by atoms with Gasteiger partial charge in [-0.3, -0.25) is 4.90 Å². The van der Waals surface area contributed by atoms with E-state index in [0.29, 0.717) is 23.7 Å². The number of aryl methyl sites for hydroxylation is 1. The second-order valence-electron chi connectivity index (χ2n) is 5.84. The molecule has 7 nitrogen and oxygen atoms in total. The van der Waals surface area contributed by atoms with Crippen molar-refractivity contribution in [1.29, 1.82) is 0 Å². The number of pyridine rings is 1. The molecule has 1 aromatic carbocycles. The summed E-state index contributed by atoms with van der Waals surface area (Å²) < 4.78 is 11.0. The number of carbonyl (C=O) groups excluding carboxylic acids is 1. The third-order valence-electron chi connectivity index (χ3n) is 4.19. The summed E-state index contributed by atoms with van der Waals surface area (Å²) >= 11 is 0. The maximum atomic E-state index is 12.0. The van der Waals surface area contributed by atoms with Crippen molar-refractivity contribution >= 4 is 11.7 Å². The standard InChI is InChI=1S/C18H21N3O4/c1-4-14-17(22)21(18(23)20-14)12-6-8-16(19-10-12)25-13-7-5-11(2)15(9-13)24-3/h5-10,14,17,22H,4H2,1-3H3,(H,20,23)/t14-,17?/m0/s1. The van der Waals surface area contributed by atoms with E-state index in [1.54, 1.807) is 25.3 Å². The average Bonchev–Trinajstić information content (AvgIpc) is 2.91. The number of benzene rings is 1. The number of ether oxygens (including phenoxy) is 2. The van der Waals surface area contributed by atoms with Gasteiger partial charge in [0.25, 0.3) is 0 Å². The minimum Gasteiger partial charge on any atom is -0.496 e. The number of aliphatic hydroxyl groups is 1.